The van der Waals surface area contributed by atoms with E-state index in [1.165, 1.54) is 6.07 Å². The molecule has 1 atom stereocenters. The lowest BCUT2D eigenvalue weighted by molar-refractivity contribution is -0.384. The molecule has 21 heavy (non-hydrogen) atoms. The lowest BCUT2D eigenvalue weighted by Gasteiger charge is -2.18. The van der Waals surface area contributed by atoms with Gasteiger partial charge in [-0.3, -0.25) is 14.9 Å². The van der Waals surface area contributed by atoms with Crippen molar-refractivity contribution in [2.75, 3.05) is 11.9 Å². The normalized spacial score (nSPS) is 12.2. The predicted molar refractivity (Wildman–Crippen MR) is 79.3 cm³/mol. The van der Waals surface area contributed by atoms with Crippen LogP contribution in [0.5, 0.6) is 0 Å². The van der Waals surface area contributed by atoms with Crippen molar-refractivity contribution in [1.82, 2.24) is 4.98 Å². The van der Waals surface area contributed by atoms with E-state index in [9.17, 15) is 14.9 Å². The number of rotatable bonds is 8. The third-order valence-corrected chi connectivity index (χ3v) is 3.04. The Morgan fingerprint density at radius 2 is 2.14 bits per heavy atom. The van der Waals surface area contributed by atoms with Crippen LogP contribution in [0.1, 0.15) is 32.4 Å². The number of carboxylic acid groups (broad SMARTS) is 1. The first-order valence-electron chi connectivity index (χ1n) is 6.87. The molecule has 1 rings (SSSR count). The van der Waals surface area contributed by atoms with Crippen LogP contribution in [0.15, 0.2) is 12.1 Å². The summed E-state index contributed by atoms with van der Waals surface area (Å²) in [5.74, 6) is -0.408. The van der Waals surface area contributed by atoms with Crippen molar-refractivity contribution in [3.8, 4) is 0 Å². The third-order valence-electron chi connectivity index (χ3n) is 3.04. The predicted octanol–water partition coefficient (Wildman–Crippen LogP) is 2.85. The number of anilines is 1. The second kappa shape index (κ2) is 7.56. The van der Waals surface area contributed by atoms with E-state index in [1.54, 1.807) is 13.0 Å². The number of aryl methyl sites for hydroxylation is 1. The van der Waals surface area contributed by atoms with E-state index in [2.05, 4.69) is 10.3 Å². The van der Waals surface area contributed by atoms with Gasteiger partial charge in [-0.2, -0.15) is 0 Å². The number of hydrogen-bond acceptors (Lipinski definition) is 5. The van der Waals surface area contributed by atoms with Crippen molar-refractivity contribution in [3.63, 3.8) is 0 Å². The Hall–Kier alpha value is -2.18. The van der Waals surface area contributed by atoms with Gasteiger partial charge in [0.1, 0.15) is 0 Å². The first kappa shape index (κ1) is 16.9. The minimum Gasteiger partial charge on any atom is -0.481 e. The Kier molecular flexibility index (Phi) is 6.08. The van der Waals surface area contributed by atoms with Crippen LogP contribution >= 0.6 is 0 Å². The first-order valence-corrected chi connectivity index (χ1v) is 6.87. The molecule has 0 aliphatic carbocycles. The van der Waals surface area contributed by atoms with Crippen LogP contribution in [-0.4, -0.2) is 27.5 Å². The van der Waals surface area contributed by atoms with Gasteiger partial charge in [-0.05, 0) is 31.2 Å². The molecule has 0 spiro atoms. The van der Waals surface area contributed by atoms with Gasteiger partial charge in [-0.25, -0.2) is 4.98 Å². The van der Waals surface area contributed by atoms with E-state index in [4.69, 9.17) is 5.11 Å². The highest BCUT2D eigenvalue weighted by molar-refractivity contribution is 5.67. The second-order valence-electron chi connectivity index (χ2n) is 5.55. The van der Waals surface area contributed by atoms with Crippen molar-refractivity contribution >= 4 is 17.5 Å². The molecule has 0 saturated heterocycles. The van der Waals surface area contributed by atoms with E-state index < -0.39 is 10.9 Å². The molecule has 0 fully saturated rings. The fraction of sp³-hybridized carbons (Fsp3) is 0.571. The molecule has 0 saturated carbocycles. The summed E-state index contributed by atoms with van der Waals surface area (Å²) in [6.45, 7) is 6.13. The summed E-state index contributed by atoms with van der Waals surface area (Å²) < 4.78 is 0. The minimum atomic E-state index is -0.867. The van der Waals surface area contributed by atoms with Crippen LogP contribution in [0, 0.1) is 28.9 Å². The molecule has 1 aromatic heterocycles. The molecule has 0 aliphatic heterocycles. The van der Waals surface area contributed by atoms with Gasteiger partial charge in [0, 0.05) is 24.7 Å². The lowest BCUT2D eigenvalue weighted by atomic mass is 9.94. The van der Waals surface area contributed by atoms with Gasteiger partial charge in [0.25, 0.3) is 0 Å². The molecule has 0 aromatic carbocycles. The smallest absolute Gasteiger partial charge is 0.311 e. The van der Waals surface area contributed by atoms with Crippen LogP contribution in [0.2, 0.25) is 0 Å². The molecule has 1 unspecified atom stereocenters. The summed E-state index contributed by atoms with van der Waals surface area (Å²) in [6, 6.07) is 2.98. The third kappa shape index (κ3) is 5.76. The zero-order valence-corrected chi connectivity index (χ0v) is 12.5. The molecule has 1 aromatic rings. The summed E-state index contributed by atoms with van der Waals surface area (Å²) in [5.41, 5.74) is 0.570. The Morgan fingerprint density at radius 3 is 2.67 bits per heavy atom. The van der Waals surface area contributed by atoms with Crippen molar-refractivity contribution in [2.45, 2.75) is 33.6 Å². The summed E-state index contributed by atoms with van der Waals surface area (Å²) in [4.78, 5) is 25.5. The highest BCUT2D eigenvalue weighted by Gasteiger charge is 2.19. The highest BCUT2D eigenvalue weighted by Crippen LogP contribution is 2.23. The van der Waals surface area contributed by atoms with Gasteiger partial charge in [-0.1, -0.05) is 13.8 Å². The fourth-order valence-corrected chi connectivity index (χ4v) is 2.22. The van der Waals surface area contributed by atoms with Crippen molar-refractivity contribution in [1.29, 1.82) is 0 Å². The minimum absolute atomic E-state index is 0.0325. The maximum absolute atomic E-state index is 11.0. The molecule has 7 nitrogen and oxygen atoms in total. The number of carbonyl (C=O) groups is 1. The average molecular weight is 295 g/mol. The van der Waals surface area contributed by atoms with Crippen LogP contribution < -0.4 is 5.32 Å². The van der Waals surface area contributed by atoms with Crippen LogP contribution in [-0.2, 0) is 4.79 Å². The Balaban J connectivity index is 2.81. The molecular weight excluding hydrogens is 274 g/mol. The first-order chi connectivity index (χ1) is 9.79. The van der Waals surface area contributed by atoms with Crippen LogP contribution in [0.3, 0.4) is 0 Å². The molecule has 2 N–H and O–H groups in total. The molecule has 0 aliphatic rings. The van der Waals surface area contributed by atoms with E-state index in [0.29, 0.717) is 18.2 Å². The molecular formula is C14H21N3O4. The number of nitrogens with zero attached hydrogens (tertiary/aromatic N) is 2. The number of pyridine rings is 1. The summed E-state index contributed by atoms with van der Waals surface area (Å²) in [7, 11) is 0. The maximum Gasteiger partial charge on any atom is 0.311 e. The van der Waals surface area contributed by atoms with Crippen LogP contribution in [0.4, 0.5) is 11.5 Å². The number of nitro groups is 1. The summed E-state index contributed by atoms with van der Waals surface area (Å²) >= 11 is 0. The molecule has 7 heteroatoms. The number of aromatic nitrogens is 1. The van der Waals surface area contributed by atoms with Gasteiger partial charge in [0.2, 0.25) is 5.82 Å². The number of aliphatic carboxylic acids is 1. The summed E-state index contributed by atoms with van der Waals surface area (Å²) in [5, 5.41) is 22.8. The van der Waals surface area contributed by atoms with Gasteiger partial charge in [0.15, 0.2) is 0 Å². The zero-order valence-electron chi connectivity index (χ0n) is 12.5. The quantitative estimate of drug-likeness (QED) is 0.564. The average Bonchev–Trinajstić information content (AvgIpc) is 2.34. The largest absolute Gasteiger partial charge is 0.481 e. The molecule has 116 valence electrons. The molecule has 0 radical (unpaired) electrons. The summed E-state index contributed by atoms with van der Waals surface area (Å²) in [6.07, 6.45) is 0.768. The number of nitrogens with one attached hydrogen (secondary N) is 1. The maximum atomic E-state index is 11.0. The number of hydrogen-bond donors (Lipinski definition) is 2. The van der Waals surface area contributed by atoms with E-state index in [-0.39, 0.29) is 23.8 Å². The van der Waals surface area contributed by atoms with Gasteiger partial charge < -0.3 is 10.4 Å². The van der Waals surface area contributed by atoms with Gasteiger partial charge in [0.05, 0.1) is 4.92 Å². The topological polar surface area (TPSA) is 105 Å². The monoisotopic (exact) mass is 295 g/mol. The van der Waals surface area contributed by atoms with Crippen molar-refractivity contribution < 1.29 is 14.8 Å². The Bertz CT molecular complexity index is 517. The Labute approximate surface area is 123 Å². The van der Waals surface area contributed by atoms with Crippen molar-refractivity contribution in [3.05, 3.63) is 27.9 Å². The highest BCUT2D eigenvalue weighted by atomic mass is 16.6. The van der Waals surface area contributed by atoms with E-state index >= 15 is 0 Å². The van der Waals surface area contributed by atoms with Crippen LogP contribution in [0.25, 0.3) is 0 Å². The van der Waals surface area contributed by atoms with Gasteiger partial charge in [-0.15, -0.1) is 0 Å². The zero-order chi connectivity index (χ0) is 16.0. The molecule has 0 bridgehead atoms. The molecule has 1 heterocycles. The SMILES string of the molecule is Cc1ccc([N+](=O)[O-])c(NCC(CC(=O)O)CC(C)C)n1. The van der Waals surface area contributed by atoms with E-state index in [1.807, 2.05) is 13.8 Å². The number of carboxylic acids is 1. The van der Waals surface area contributed by atoms with Crippen molar-refractivity contribution in [2.24, 2.45) is 11.8 Å². The molecule has 0 amide bonds. The fourth-order valence-electron chi connectivity index (χ4n) is 2.22. The van der Waals surface area contributed by atoms with E-state index in [0.717, 1.165) is 6.42 Å². The van der Waals surface area contributed by atoms with Gasteiger partial charge >= 0.3 is 11.7 Å². The standard InChI is InChI=1S/C14H21N3O4/c1-9(2)6-11(7-13(18)19)8-15-14-12(17(20)21)5-4-10(3)16-14/h4-5,9,11H,6-8H2,1-3H3,(H,15,16)(H,18,19). The Morgan fingerprint density at radius 1 is 1.48 bits per heavy atom. The lowest BCUT2D eigenvalue weighted by Crippen LogP contribution is -2.20. The second-order valence-corrected chi connectivity index (χ2v) is 5.55.